The van der Waals surface area contributed by atoms with Gasteiger partial charge in [0.15, 0.2) is 0 Å². The molecule has 0 aliphatic carbocycles. The van der Waals surface area contributed by atoms with Gasteiger partial charge >= 0.3 is 0 Å². The smallest absolute Gasteiger partial charge is 0.300 e. The van der Waals surface area contributed by atoms with Gasteiger partial charge in [-0.3, -0.25) is 9.59 Å². The fourth-order valence-corrected chi connectivity index (χ4v) is 4.11. The molecule has 176 valence electrons. The molecule has 0 unspecified atom stereocenters. The van der Waals surface area contributed by atoms with Crippen molar-refractivity contribution in [3.63, 3.8) is 0 Å². The van der Waals surface area contributed by atoms with Crippen molar-refractivity contribution in [2.45, 2.75) is 33.2 Å². The van der Waals surface area contributed by atoms with Gasteiger partial charge < -0.3 is 30.5 Å². The van der Waals surface area contributed by atoms with Gasteiger partial charge in [-0.05, 0) is 37.1 Å². The van der Waals surface area contributed by atoms with E-state index in [4.69, 9.17) is 20.6 Å². The van der Waals surface area contributed by atoms with Crippen molar-refractivity contribution in [2.75, 3.05) is 6.54 Å². The molecule has 0 radical (unpaired) electrons. The van der Waals surface area contributed by atoms with Crippen molar-refractivity contribution in [1.82, 2.24) is 24.5 Å². The van der Waals surface area contributed by atoms with E-state index in [-0.39, 0.29) is 11.6 Å². The number of aromatic hydroxyl groups is 1. The number of hydrogen-bond acceptors (Lipinski definition) is 6. The molecule has 10 nitrogen and oxygen atoms in total. The van der Waals surface area contributed by atoms with Crippen LogP contribution in [-0.4, -0.2) is 47.2 Å². The van der Waals surface area contributed by atoms with Crippen LogP contribution in [0.2, 0.25) is 0 Å². The van der Waals surface area contributed by atoms with Crippen molar-refractivity contribution >= 4 is 38.9 Å². The predicted molar refractivity (Wildman–Crippen MR) is 131 cm³/mol. The number of carbonyl (C=O) groups is 1. The Balaban J connectivity index is 0.000000636. The summed E-state index contributed by atoms with van der Waals surface area (Å²) in [4.78, 5) is 36.4. The summed E-state index contributed by atoms with van der Waals surface area (Å²) in [6.07, 6.45) is 3.75. The van der Waals surface area contributed by atoms with Crippen LogP contribution in [0.15, 0.2) is 41.3 Å². The van der Waals surface area contributed by atoms with Crippen LogP contribution in [-0.2, 0) is 17.8 Å². The Labute approximate surface area is 194 Å². The number of para-hydroxylation sites is 1. The van der Waals surface area contributed by atoms with Gasteiger partial charge in [0.25, 0.3) is 17.5 Å². The molecule has 34 heavy (non-hydrogen) atoms. The van der Waals surface area contributed by atoms with Crippen molar-refractivity contribution in [2.24, 2.45) is 5.73 Å². The number of benzene rings is 2. The molecule has 0 aliphatic rings. The first-order valence-corrected chi connectivity index (χ1v) is 11.0. The highest BCUT2D eigenvalue weighted by Gasteiger charge is 2.17. The lowest BCUT2D eigenvalue weighted by atomic mass is 10.1. The lowest BCUT2D eigenvalue weighted by Gasteiger charge is -2.07. The molecule has 6 N–H and O–H groups in total. The standard InChI is InChI=1S/C22H22N6O2.C2H4O2/c1-2-12-5-3-6-13-14(11-28(20(12)13)8-4-7-23)19-21(29)25-16-10-18-17(9-15(16)24-19)26-22(30)27-18;1-2(3)4/h3,5-6,9-11H,2,4,7-8,23H2,1H3,(H,25,29)(H2,26,27,30);1H3,(H,3,4). The Morgan fingerprint density at radius 1 is 1.15 bits per heavy atom. The Morgan fingerprint density at radius 3 is 2.50 bits per heavy atom. The van der Waals surface area contributed by atoms with E-state index in [0.717, 1.165) is 42.8 Å². The summed E-state index contributed by atoms with van der Waals surface area (Å²) in [6.45, 7) is 4.59. The summed E-state index contributed by atoms with van der Waals surface area (Å²) in [5.74, 6) is -0.833. The van der Waals surface area contributed by atoms with Gasteiger partial charge in [-0.25, -0.2) is 4.98 Å². The van der Waals surface area contributed by atoms with E-state index in [1.165, 1.54) is 5.56 Å². The number of carboxylic acids is 1. The van der Waals surface area contributed by atoms with E-state index in [0.29, 0.717) is 34.3 Å². The van der Waals surface area contributed by atoms with Crippen LogP contribution in [0, 0.1) is 0 Å². The van der Waals surface area contributed by atoms with E-state index in [9.17, 15) is 9.90 Å². The summed E-state index contributed by atoms with van der Waals surface area (Å²) in [6, 6.07) is 9.48. The first-order valence-electron chi connectivity index (χ1n) is 11.0. The average molecular weight is 463 g/mol. The van der Waals surface area contributed by atoms with Crippen molar-refractivity contribution in [3.8, 4) is 17.3 Å². The lowest BCUT2D eigenvalue weighted by Crippen LogP contribution is -2.11. The predicted octanol–water partition coefficient (Wildman–Crippen LogP) is 3.13. The average Bonchev–Trinajstić information content (AvgIpc) is 3.34. The fraction of sp³-hybridized carbons (Fsp3) is 0.250. The van der Waals surface area contributed by atoms with E-state index in [1.807, 2.05) is 18.3 Å². The SMILES string of the molecule is CC(=O)O.CCc1cccc2c(-c3nc4cc5[nH]c(O)nc5cc4[nH]c3=O)cn(CCCN)c12. The molecule has 0 spiro atoms. The number of aromatic nitrogens is 5. The maximum atomic E-state index is 13.0. The quantitative estimate of drug-likeness (QED) is 0.268. The summed E-state index contributed by atoms with van der Waals surface area (Å²) in [7, 11) is 0. The molecule has 3 aromatic heterocycles. The molecule has 3 heterocycles. The number of imidazole rings is 1. The molecule has 5 rings (SSSR count). The first-order chi connectivity index (χ1) is 16.3. The van der Waals surface area contributed by atoms with Gasteiger partial charge in [-0.1, -0.05) is 25.1 Å². The number of H-pyrrole nitrogens is 2. The highest BCUT2D eigenvalue weighted by atomic mass is 16.4. The minimum absolute atomic E-state index is 0.169. The maximum absolute atomic E-state index is 13.0. The molecular weight excluding hydrogens is 436 g/mol. The number of nitrogens with one attached hydrogen (secondary N) is 2. The third-order valence-corrected chi connectivity index (χ3v) is 5.50. The second-order valence-corrected chi connectivity index (χ2v) is 7.93. The van der Waals surface area contributed by atoms with E-state index >= 15 is 0 Å². The highest BCUT2D eigenvalue weighted by molar-refractivity contribution is 5.98. The third kappa shape index (κ3) is 4.35. The van der Waals surface area contributed by atoms with Gasteiger partial charge in [0.2, 0.25) is 0 Å². The van der Waals surface area contributed by atoms with Crippen molar-refractivity contribution < 1.29 is 15.0 Å². The summed E-state index contributed by atoms with van der Waals surface area (Å²) < 4.78 is 2.18. The van der Waals surface area contributed by atoms with Crippen LogP contribution in [0.25, 0.3) is 44.2 Å². The highest BCUT2D eigenvalue weighted by Crippen LogP contribution is 2.31. The van der Waals surface area contributed by atoms with Gasteiger partial charge in [0.1, 0.15) is 5.69 Å². The number of hydrogen-bond donors (Lipinski definition) is 5. The van der Waals surface area contributed by atoms with E-state index < -0.39 is 5.97 Å². The van der Waals surface area contributed by atoms with Gasteiger partial charge in [0, 0.05) is 30.6 Å². The molecule has 0 atom stereocenters. The molecule has 0 bridgehead atoms. The van der Waals surface area contributed by atoms with Crippen molar-refractivity contribution in [3.05, 3.63) is 52.4 Å². The first kappa shape index (κ1) is 23.0. The molecule has 10 heteroatoms. The van der Waals surface area contributed by atoms with Crippen LogP contribution >= 0.6 is 0 Å². The third-order valence-electron chi connectivity index (χ3n) is 5.50. The molecule has 0 saturated heterocycles. The van der Waals surface area contributed by atoms with Crippen LogP contribution < -0.4 is 11.3 Å². The Kier molecular flexibility index (Phi) is 6.33. The zero-order valence-electron chi connectivity index (χ0n) is 18.9. The van der Waals surface area contributed by atoms with Crippen LogP contribution in [0.1, 0.15) is 25.8 Å². The maximum Gasteiger partial charge on any atom is 0.300 e. The number of rotatable bonds is 5. The van der Waals surface area contributed by atoms with Crippen LogP contribution in [0.4, 0.5) is 0 Å². The van der Waals surface area contributed by atoms with Gasteiger partial charge in [-0.2, -0.15) is 4.98 Å². The topological polar surface area (TPSA) is 163 Å². The number of aliphatic carboxylic acids is 1. The molecule has 5 aromatic rings. The van der Waals surface area contributed by atoms with Crippen LogP contribution in [0.3, 0.4) is 0 Å². The lowest BCUT2D eigenvalue weighted by molar-refractivity contribution is -0.134. The summed E-state index contributed by atoms with van der Waals surface area (Å²) in [5.41, 5.74) is 11.4. The molecule has 0 aliphatic heterocycles. The second kappa shape index (κ2) is 9.36. The monoisotopic (exact) mass is 462 g/mol. The minimum atomic E-state index is -0.833. The fourth-order valence-electron chi connectivity index (χ4n) is 4.11. The largest absolute Gasteiger partial charge is 0.481 e. The van der Waals surface area contributed by atoms with Crippen molar-refractivity contribution in [1.29, 1.82) is 0 Å². The minimum Gasteiger partial charge on any atom is -0.481 e. The zero-order chi connectivity index (χ0) is 24.4. The molecule has 2 aromatic carbocycles. The molecule has 0 saturated carbocycles. The second-order valence-electron chi connectivity index (χ2n) is 7.93. The summed E-state index contributed by atoms with van der Waals surface area (Å²) in [5, 5.41) is 18.0. The number of fused-ring (bicyclic) bond motifs is 3. The Hall–Kier alpha value is -4.18. The number of aromatic amines is 2. The van der Waals surface area contributed by atoms with E-state index in [2.05, 4.69) is 32.5 Å². The normalized spacial score (nSPS) is 11.1. The number of nitrogens with two attached hydrogens (primary N) is 1. The summed E-state index contributed by atoms with van der Waals surface area (Å²) >= 11 is 0. The van der Waals surface area contributed by atoms with Crippen LogP contribution in [0.5, 0.6) is 6.01 Å². The van der Waals surface area contributed by atoms with E-state index in [1.54, 1.807) is 12.1 Å². The van der Waals surface area contributed by atoms with Gasteiger partial charge in [-0.15, -0.1) is 0 Å². The number of aryl methyl sites for hydroxylation is 2. The zero-order valence-corrected chi connectivity index (χ0v) is 18.9. The number of carboxylic acid groups (broad SMARTS) is 1. The molecule has 0 amide bonds. The Bertz CT molecular complexity index is 1560. The Morgan fingerprint density at radius 2 is 1.82 bits per heavy atom. The molecular formula is C24H26N6O4. The van der Waals surface area contributed by atoms with Gasteiger partial charge in [0.05, 0.1) is 27.6 Å². The molecule has 0 fully saturated rings. The number of nitrogens with zero attached hydrogens (tertiary/aromatic N) is 3.